The van der Waals surface area contributed by atoms with E-state index in [1.807, 2.05) is 24.3 Å². The van der Waals surface area contributed by atoms with Gasteiger partial charge in [0.15, 0.2) is 0 Å². The molecule has 2 N–H and O–H groups in total. The van der Waals surface area contributed by atoms with Crippen molar-refractivity contribution < 1.29 is 14.3 Å². The molecule has 0 aliphatic carbocycles. The molecule has 1 saturated heterocycles. The Morgan fingerprint density at radius 1 is 0.938 bits per heavy atom. The molecular formula is C26H31N3O3. The van der Waals surface area contributed by atoms with Gasteiger partial charge in [0.1, 0.15) is 12.4 Å². The molecule has 2 aromatic carbocycles. The third-order valence-electron chi connectivity index (χ3n) is 6.22. The zero-order valence-corrected chi connectivity index (χ0v) is 18.4. The summed E-state index contributed by atoms with van der Waals surface area (Å²) in [5, 5.41) is 5.96. The molecule has 0 bridgehead atoms. The third-order valence-corrected chi connectivity index (χ3v) is 6.22. The topological polar surface area (TPSA) is 70.7 Å². The van der Waals surface area contributed by atoms with Crippen LogP contribution in [0.25, 0.3) is 0 Å². The van der Waals surface area contributed by atoms with E-state index in [0.717, 1.165) is 25.9 Å². The number of piperidine rings is 1. The summed E-state index contributed by atoms with van der Waals surface area (Å²) in [4.78, 5) is 28.2. The van der Waals surface area contributed by atoms with Gasteiger partial charge in [0, 0.05) is 26.2 Å². The number of hydrogen-bond acceptors (Lipinski definition) is 4. The summed E-state index contributed by atoms with van der Waals surface area (Å²) in [6, 6.07) is 17.6. The number of fused-ring (bicyclic) bond motifs is 1. The summed E-state index contributed by atoms with van der Waals surface area (Å²) >= 11 is 0. The highest BCUT2D eigenvalue weighted by Crippen LogP contribution is 2.35. The fourth-order valence-corrected chi connectivity index (χ4v) is 4.58. The maximum Gasteiger partial charge on any atom is 0.255 e. The van der Waals surface area contributed by atoms with Gasteiger partial charge < -0.3 is 15.4 Å². The molecule has 168 valence electrons. The van der Waals surface area contributed by atoms with Gasteiger partial charge in [0.25, 0.3) is 5.91 Å². The van der Waals surface area contributed by atoms with Crippen molar-refractivity contribution in [3.8, 4) is 5.75 Å². The molecule has 2 amide bonds. The Balaban J connectivity index is 1.49. The number of benzene rings is 2. The highest BCUT2D eigenvalue weighted by Gasteiger charge is 2.41. The van der Waals surface area contributed by atoms with E-state index in [9.17, 15) is 9.59 Å². The summed E-state index contributed by atoms with van der Waals surface area (Å²) in [6.45, 7) is 3.68. The van der Waals surface area contributed by atoms with Crippen LogP contribution in [0, 0.1) is 5.41 Å². The second kappa shape index (κ2) is 10.5. The van der Waals surface area contributed by atoms with Crippen LogP contribution in [0.4, 0.5) is 0 Å². The predicted octanol–water partition coefficient (Wildman–Crippen LogP) is 3.15. The average molecular weight is 434 g/mol. The molecule has 2 aliphatic heterocycles. The lowest BCUT2D eigenvalue weighted by atomic mass is 9.76. The van der Waals surface area contributed by atoms with Gasteiger partial charge in [0.05, 0.1) is 11.0 Å². The van der Waals surface area contributed by atoms with Gasteiger partial charge in [-0.25, -0.2) is 0 Å². The first-order valence-corrected chi connectivity index (χ1v) is 11.4. The minimum absolute atomic E-state index is 0.0625. The summed E-state index contributed by atoms with van der Waals surface area (Å²) in [5.74, 6) is 0.432. The van der Waals surface area contributed by atoms with Crippen LogP contribution in [0.5, 0.6) is 5.75 Å². The molecule has 0 saturated carbocycles. The molecule has 6 nitrogen and oxygen atoms in total. The van der Waals surface area contributed by atoms with Crippen LogP contribution in [-0.4, -0.2) is 49.5 Å². The van der Waals surface area contributed by atoms with Crippen LogP contribution >= 0.6 is 0 Å². The van der Waals surface area contributed by atoms with Crippen molar-refractivity contribution in [2.45, 2.75) is 25.8 Å². The van der Waals surface area contributed by atoms with Crippen LogP contribution in [0.1, 0.15) is 35.2 Å². The number of amides is 2. The van der Waals surface area contributed by atoms with E-state index in [-0.39, 0.29) is 11.8 Å². The Labute approximate surface area is 189 Å². The van der Waals surface area contributed by atoms with Crippen LogP contribution in [-0.2, 0) is 11.3 Å². The van der Waals surface area contributed by atoms with Crippen molar-refractivity contribution in [3.05, 3.63) is 77.9 Å². The van der Waals surface area contributed by atoms with E-state index in [4.69, 9.17) is 4.74 Å². The van der Waals surface area contributed by atoms with Crippen LogP contribution in [0.15, 0.2) is 66.7 Å². The Kier molecular flexibility index (Phi) is 7.22. The molecule has 2 aromatic rings. The number of likely N-dealkylation sites (tertiary alicyclic amines) is 1. The molecule has 32 heavy (non-hydrogen) atoms. The standard InChI is InChI=1S/C26H31N3O3/c30-24-22-11-4-5-12-23(22)32-18-7-6-13-26(25(31)28-16-15-27-24)14-8-17-29(20-26)19-21-9-2-1-3-10-21/h1-7,9-12H,8,13-20H2,(H,27,30)(H,28,31)/b7-6+/t26-/m0/s1. The number of nitrogens with zero attached hydrogens (tertiary/aromatic N) is 1. The van der Waals surface area contributed by atoms with Gasteiger partial charge in [-0.3, -0.25) is 14.5 Å². The molecule has 2 aliphatic rings. The minimum Gasteiger partial charge on any atom is -0.489 e. The van der Waals surface area contributed by atoms with Gasteiger partial charge >= 0.3 is 0 Å². The summed E-state index contributed by atoms with van der Waals surface area (Å²) in [6.07, 6.45) is 6.51. The zero-order valence-electron chi connectivity index (χ0n) is 18.4. The quantitative estimate of drug-likeness (QED) is 0.714. The maximum atomic E-state index is 13.3. The van der Waals surface area contributed by atoms with Gasteiger partial charge in [-0.1, -0.05) is 54.6 Å². The lowest BCUT2D eigenvalue weighted by Crippen LogP contribution is -2.52. The Bertz CT molecular complexity index is 960. The van der Waals surface area contributed by atoms with Gasteiger partial charge in [-0.15, -0.1) is 0 Å². The predicted molar refractivity (Wildman–Crippen MR) is 124 cm³/mol. The van der Waals surface area contributed by atoms with Gasteiger partial charge in [-0.05, 0) is 43.5 Å². The van der Waals surface area contributed by atoms with E-state index in [0.29, 0.717) is 44.0 Å². The number of nitrogens with one attached hydrogen (secondary N) is 2. The summed E-state index contributed by atoms with van der Waals surface area (Å²) in [5.41, 5.74) is 1.29. The van der Waals surface area contributed by atoms with Crippen LogP contribution in [0.3, 0.4) is 0 Å². The Hall–Kier alpha value is -3.12. The third kappa shape index (κ3) is 5.37. The fraction of sp³-hybridized carbons (Fsp3) is 0.385. The lowest BCUT2D eigenvalue weighted by Gasteiger charge is -2.41. The van der Waals surface area contributed by atoms with E-state index in [1.165, 1.54) is 5.56 Å². The first-order chi connectivity index (χ1) is 15.7. The number of hydrogen-bond donors (Lipinski definition) is 2. The first-order valence-electron chi connectivity index (χ1n) is 11.4. The molecule has 4 rings (SSSR count). The maximum absolute atomic E-state index is 13.3. The number of carbonyl (C=O) groups is 2. The van der Waals surface area contributed by atoms with Crippen molar-refractivity contribution in [2.24, 2.45) is 5.41 Å². The second-order valence-electron chi connectivity index (χ2n) is 8.57. The largest absolute Gasteiger partial charge is 0.489 e. The van der Waals surface area contributed by atoms with Crippen molar-refractivity contribution in [1.29, 1.82) is 0 Å². The molecule has 1 spiro atoms. The van der Waals surface area contributed by atoms with Gasteiger partial charge in [0.2, 0.25) is 5.91 Å². The lowest BCUT2D eigenvalue weighted by molar-refractivity contribution is -0.134. The molecule has 0 unspecified atom stereocenters. The number of para-hydroxylation sites is 1. The van der Waals surface area contributed by atoms with Crippen molar-refractivity contribution in [1.82, 2.24) is 15.5 Å². The average Bonchev–Trinajstić information content (AvgIpc) is 2.82. The van der Waals surface area contributed by atoms with Gasteiger partial charge in [-0.2, -0.15) is 0 Å². The number of carbonyl (C=O) groups excluding carboxylic acids is 2. The molecule has 1 atom stereocenters. The van der Waals surface area contributed by atoms with Crippen molar-refractivity contribution in [2.75, 3.05) is 32.8 Å². The normalized spacial score (nSPS) is 23.9. The first kappa shape index (κ1) is 22.1. The smallest absolute Gasteiger partial charge is 0.255 e. The molecule has 1 fully saturated rings. The van der Waals surface area contributed by atoms with Crippen LogP contribution < -0.4 is 15.4 Å². The molecule has 0 aromatic heterocycles. The molecule has 2 heterocycles. The highest BCUT2D eigenvalue weighted by atomic mass is 16.5. The Morgan fingerprint density at radius 3 is 2.59 bits per heavy atom. The molecule has 0 radical (unpaired) electrons. The monoisotopic (exact) mass is 433 g/mol. The summed E-state index contributed by atoms with van der Waals surface area (Å²) < 4.78 is 5.85. The zero-order chi connectivity index (χ0) is 22.2. The summed E-state index contributed by atoms with van der Waals surface area (Å²) in [7, 11) is 0. The van der Waals surface area contributed by atoms with E-state index >= 15 is 0 Å². The second-order valence-corrected chi connectivity index (χ2v) is 8.57. The van der Waals surface area contributed by atoms with E-state index in [2.05, 4.69) is 45.9 Å². The van der Waals surface area contributed by atoms with Crippen molar-refractivity contribution >= 4 is 11.8 Å². The van der Waals surface area contributed by atoms with E-state index < -0.39 is 5.41 Å². The van der Waals surface area contributed by atoms with Crippen LogP contribution in [0.2, 0.25) is 0 Å². The van der Waals surface area contributed by atoms with Crippen molar-refractivity contribution in [3.63, 3.8) is 0 Å². The SMILES string of the molecule is O=C1NCCNC(=O)[C@@]2(C/C=C/COc3ccccc31)CCCN(Cc1ccccc1)C2. The molecule has 6 heteroatoms. The molecular weight excluding hydrogens is 402 g/mol. The highest BCUT2D eigenvalue weighted by molar-refractivity contribution is 5.96. The fourth-order valence-electron chi connectivity index (χ4n) is 4.58. The number of allylic oxidation sites excluding steroid dienone is 1. The minimum atomic E-state index is -0.477. The Morgan fingerprint density at radius 2 is 1.72 bits per heavy atom. The number of ether oxygens (including phenoxy) is 1. The number of rotatable bonds is 2. The van der Waals surface area contributed by atoms with E-state index in [1.54, 1.807) is 12.1 Å².